The molecule has 2 rings (SSSR count). The van der Waals surface area contributed by atoms with Crippen LogP contribution in [0.2, 0.25) is 0 Å². The summed E-state index contributed by atoms with van der Waals surface area (Å²) in [5.41, 5.74) is 0.0381. The smallest absolute Gasteiger partial charge is 0.388 e. The first kappa shape index (κ1) is 22.5. The van der Waals surface area contributed by atoms with Crippen molar-refractivity contribution < 1.29 is 18.3 Å². The maximum absolute atomic E-state index is 13.0. The summed E-state index contributed by atoms with van der Waals surface area (Å²) in [7, 11) is 0. The van der Waals surface area contributed by atoms with Crippen LogP contribution in [0, 0.1) is 0 Å². The van der Waals surface area contributed by atoms with Crippen molar-refractivity contribution in [3.8, 4) is 0 Å². The fraction of sp³-hybridized carbons (Fsp3) is 0.400. The Balaban J connectivity index is 1.81. The zero-order valence-corrected chi connectivity index (χ0v) is 16.2. The number of halogens is 3. The summed E-state index contributed by atoms with van der Waals surface area (Å²) >= 11 is 0. The largest absolute Gasteiger partial charge is 0.419 e. The number of hydrogen-bond acceptors (Lipinski definition) is 4. The highest BCUT2D eigenvalue weighted by atomic mass is 19.4. The van der Waals surface area contributed by atoms with Crippen LogP contribution in [0.3, 0.4) is 0 Å². The lowest BCUT2D eigenvalue weighted by atomic mass is 10.1. The Morgan fingerprint density at radius 2 is 1.86 bits per heavy atom. The van der Waals surface area contributed by atoms with Crippen LogP contribution in [0.15, 0.2) is 53.7 Å². The number of aliphatic hydroxyl groups is 1. The van der Waals surface area contributed by atoms with E-state index in [4.69, 9.17) is 0 Å². The molecule has 6 nitrogen and oxygen atoms in total. The van der Waals surface area contributed by atoms with Gasteiger partial charge in [-0.15, -0.1) is 0 Å². The summed E-state index contributed by atoms with van der Waals surface area (Å²) in [5, 5.41) is 19.0. The summed E-state index contributed by atoms with van der Waals surface area (Å²) in [6.45, 7) is 3.53. The highest BCUT2D eigenvalue weighted by Gasteiger charge is 2.33. The summed E-state index contributed by atoms with van der Waals surface area (Å²) in [6.07, 6.45) is -3.29. The van der Waals surface area contributed by atoms with Gasteiger partial charge in [0, 0.05) is 32.4 Å². The topological polar surface area (TPSA) is 81.6 Å². The minimum absolute atomic E-state index is 0.199. The summed E-state index contributed by atoms with van der Waals surface area (Å²) in [6, 6.07) is 11.6. The molecular formula is C20H26F3N5O. The van der Waals surface area contributed by atoms with E-state index < -0.39 is 17.8 Å². The predicted octanol–water partition coefficient (Wildman–Crippen LogP) is 3.19. The average molecular weight is 409 g/mol. The Bertz CT molecular complexity index is 768. The standard InChI is InChI=1S/C20H26F3N5O/c1-2-24-19(27-12-10-17(29)15-7-4-3-5-8-15)28-14-13-26-18-16(20(21,22)23)9-6-11-25-18/h3-9,11,17,29H,2,10,12-14H2,1H3,(H,25,26)(H2,24,27,28). The fourth-order valence-corrected chi connectivity index (χ4v) is 2.62. The van der Waals surface area contributed by atoms with Gasteiger partial charge in [0.2, 0.25) is 0 Å². The molecule has 1 aromatic carbocycles. The molecule has 1 atom stereocenters. The van der Waals surface area contributed by atoms with E-state index in [1.807, 2.05) is 37.3 Å². The number of anilines is 1. The second kappa shape index (κ2) is 11.3. The molecular weight excluding hydrogens is 383 g/mol. The first-order valence-corrected chi connectivity index (χ1v) is 9.43. The van der Waals surface area contributed by atoms with Gasteiger partial charge in [-0.3, -0.25) is 4.99 Å². The first-order valence-electron chi connectivity index (χ1n) is 9.43. The zero-order chi connectivity index (χ0) is 21.1. The van der Waals surface area contributed by atoms with Crippen LogP contribution >= 0.6 is 0 Å². The summed E-state index contributed by atoms with van der Waals surface area (Å²) in [5.74, 6) is 0.335. The van der Waals surface area contributed by atoms with Crippen LogP contribution in [0.1, 0.15) is 30.6 Å². The van der Waals surface area contributed by atoms with Crippen LogP contribution in [0.5, 0.6) is 0 Å². The van der Waals surface area contributed by atoms with Crippen molar-refractivity contribution in [1.82, 2.24) is 15.6 Å². The van der Waals surface area contributed by atoms with Crippen LogP contribution < -0.4 is 16.0 Å². The number of aromatic nitrogens is 1. The minimum Gasteiger partial charge on any atom is -0.388 e. The lowest BCUT2D eigenvalue weighted by molar-refractivity contribution is -0.137. The number of aliphatic imine (C=N–C) groups is 1. The monoisotopic (exact) mass is 409 g/mol. The molecule has 0 saturated carbocycles. The molecule has 0 aliphatic heterocycles. The lowest BCUT2D eigenvalue weighted by Crippen LogP contribution is -2.39. The molecule has 4 N–H and O–H groups in total. The minimum atomic E-state index is -4.46. The Kier molecular flexibility index (Phi) is 8.72. The van der Waals surface area contributed by atoms with Gasteiger partial charge in [-0.1, -0.05) is 30.3 Å². The van der Waals surface area contributed by atoms with Crippen molar-refractivity contribution in [2.75, 3.05) is 31.5 Å². The summed E-state index contributed by atoms with van der Waals surface area (Å²) in [4.78, 5) is 8.15. The van der Waals surface area contributed by atoms with E-state index >= 15 is 0 Å². The third-order valence-corrected chi connectivity index (χ3v) is 4.02. The third kappa shape index (κ3) is 7.61. The molecule has 2 aromatic rings. The van der Waals surface area contributed by atoms with Gasteiger partial charge in [-0.25, -0.2) is 4.98 Å². The van der Waals surface area contributed by atoms with Gasteiger partial charge in [0.25, 0.3) is 0 Å². The third-order valence-electron chi connectivity index (χ3n) is 4.02. The van der Waals surface area contributed by atoms with E-state index in [0.717, 1.165) is 11.6 Å². The molecule has 29 heavy (non-hydrogen) atoms. The average Bonchev–Trinajstić information content (AvgIpc) is 2.71. The molecule has 1 aromatic heterocycles. The molecule has 158 valence electrons. The van der Waals surface area contributed by atoms with Crippen molar-refractivity contribution in [3.63, 3.8) is 0 Å². The van der Waals surface area contributed by atoms with Gasteiger partial charge < -0.3 is 21.1 Å². The van der Waals surface area contributed by atoms with E-state index in [9.17, 15) is 18.3 Å². The molecule has 0 aliphatic rings. The Labute approximate surface area is 168 Å². The van der Waals surface area contributed by atoms with Gasteiger partial charge in [-0.05, 0) is 31.0 Å². The number of benzene rings is 1. The van der Waals surface area contributed by atoms with Gasteiger partial charge in [0.15, 0.2) is 5.96 Å². The number of guanidine groups is 1. The Morgan fingerprint density at radius 1 is 1.10 bits per heavy atom. The molecule has 1 unspecified atom stereocenters. The van der Waals surface area contributed by atoms with Crippen LogP contribution in [0.25, 0.3) is 0 Å². The zero-order valence-electron chi connectivity index (χ0n) is 16.2. The quantitative estimate of drug-likeness (QED) is 0.291. The number of hydrogen-bond donors (Lipinski definition) is 4. The van der Waals surface area contributed by atoms with Crippen LogP contribution in [-0.2, 0) is 6.18 Å². The van der Waals surface area contributed by atoms with E-state index in [-0.39, 0.29) is 12.4 Å². The number of aliphatic hydroxyl groups excluding tert-OH is 1. The van der Waals surface area contributed by atoms with Crippen molar-refractivity contribution in [2.45, 2.75) is 25.6 Å². The molecule has 0 aliphatic carbocycles. The number of nitrogens with one attached hydrogen (secondary N) is 3. The van der Waals surface area contributed by atoms with E-state index in [1.165, 1.54) is 12.3 Å². The van der Waals surface area contributed by atoms with Gasteiger partial charge in [-0.2, -0.15) is 13.2 Å². The molecule has 0 fully saturated rings. The second-order valence-corrected chi connectivity index (χ2v) is 6.23. The van der Waals surface area contributed by atoms with Crippen molar-refractivity contribution in [2.24, 2.45) is 4.99 Å². The Hall–Kier alpha value is -2.81. The van der Waals surface area contributed by atoms with Crippen LogP contribution in [0.4, 0.5) is 19.0 Å². The molecule has 0 radical (unpaired) electrons. The van der Waals surface area contributed by atoms with Crippen molar-refractivity contribution >= 4 is 11.8 Å². The highest BCUT2D eigenvalue weighted by Crippen LogP contribution is 2.33. The molecule has 0 amide bonds. The number of pyridine rings is 1. The van der Waals surface area contributed by atoms with Gasteiger partial charge in [0.05, 0.1) is 11.7 Å². The normalized spacial score (nSPS) is 13.1. The SMILES string of the molecule is CCNC(=NCCC(O)c1ccccc1)NCCNc1ncccc1C(F)(F)F. The number of rotatable bonds is 9. The molecule has 0 spiro atoms. The second-order valence-electron chi connectivity index (χ2n) is 6.23. The van der Waals surface area contributed by atoms with E-state index in [2.05, 4.69) is 25.9 Å². The van der Waals surface area contributed by atoms with Crippen molar-refractivity contribution in [3.05, 3.63) is 59.8 Å². The Morgan fingerprint density at radius 3 is 2.55 bits per heavy atom. The maximum Gasteiger partial charge on any atom is 0.419 e. The molecule has 0 saturated heterocycles. The lowest BCUT2D eigenvalue weighted by Gasteiger charge is -2.15. The van der Waals surface area contributed by atoms with E-state index in [0.29, 0.717) is 32.0 Å². The maximum atomic E-state index is 13.0. The van der Waals surface area contributed by atoms with Crippen molar-refractivity contribution in [1.29, 1.82) is 0 Å². The molecule has 1 heterocycles. The van der Waals surface area contributed by atoms with Gasteiger partial charge in [0.1, 0.15) is 5.82 Å². The first-order chi connectivity index (χ1) is 13.9. The van der Waals surface area contributed by atoms with Gasteiger partial charge >= 0.3 is 6.18 Å². The number of alkyl halides is 3. The fourth-order valence-electron chi connectivity index (χ4n) is 2.62. The predicted molar refractivity (Wildman–Crippen MR) is 108 cm³/mol. The number of nitrogens with zero attached hydrogens (tertiary/aromatic N) is 2. The molecule has 0 bridgehead atoms. The van der Waals surface area contributed by atoms with E-state index in [1.54, 1.807) is 0 Å². The summed E-state index contributed by atoms with van der Waals surface area (Å²) < 4.78 is 38.9. The van der Waals surface area contributed by atoms with Crippen LogP contribution in [-0.4, -0.2) is 42.2 Å². The highest BCUT2D eigenvalue weighted by molar-refractivity contribution is 5.79. The molecule has 9 heteroatoms.